The van der Waals surface area contributed by atoms with E-state index in [-0.39, 0.29) is 0 Å². The van der Waals surface area contributed by atoms with Crippen molar-refractivity contribution in [3.05, 3.63) is 0 Å². The Labute approximate surface area is 361 Å². The standard InChI is InChI=1S/C52H106O4S/c1-7-9-11-13-15-17-19-21-23-25-27-29-31-33-35-37-39-41-43-45-47-49-51(3,4)55-57(53,54)56-52(5,6)50-48-46-44-42-40-38-36-34-32-30-28-26-24-22-20-18-16-14-12-10-8-2/h7-50H2,1-6H3. The van der Waals surface area contributed by atoms with Crippen molar-refractivity contribution in [3.63, 3.8) is 0 Å². The largest absolute Gasteiger partial charge is 0.400 e. The van der Waals surface area contributed by atoms with E-state index in [0.29, 0.717) is 0 Å². The van der Waals surface area contributed by atoms with Crippen molar-refractivity contribution >= 4 is 10.4 Å². The highest BCUT2D eigenvalue weighted by Crippen LogP contribution is 2.28. The Morgan fingerprint density at radius 1 is 0.263 bits per heavy atom. The van der Waals surface area contributed by atoms with Crippen molar-refractivity contribution in [2.24, 2.45) is 0 Å². The Bertz CT molecular complexity index is 832. The van der Waals surface area contributed by atoms with Crippen LogP contribution in [0.5, 0.6) is 0 Å². The molecule has 0 aliphatic heterocycles. The van der Waals surface area contributed by atoms with Crippen LogP contribution in [0.3, 0.4) is 0 Å². The molecule has 0 rings (SSSR count). The van der Waals surface area contributed by atoms with Crippen LogP contribution in [0.2, 0.25) is 0 Å². The van der Waals surface area contributed by atoms with Crippen molar-refractivity contribution in [2.75, 3.05) is 0 Å². The number of hydrogen-bond acceptors (Lipinski definition) is 4. The molecule has 0 fully saturated rings. The van der Waals surface area contributed by atoms with Gasteiger partial charge in [-0.1, -0.05) is 284 Å². The quantitative estimate of drug-likeness (QED) is 0.0574. The first-order chi connectivity index (χ1) is 27.5. The molecule has 0 aromatic carbocycles. The smallest absolute Gasteiger partial charge is 0.242 e. The third-order valence-corrected chi connectivity index (χ3v) is 13.7. The van der Waals surface area contributed by atoms with Crippen molar-refractivity contribution in [2.45, 2.75) is 335 Å². The predicted octanol–water partition coefficient (Wildman–Crippen LogP) is 19.0. The molecule has 0 N–H and O–H groups in total. The molecule has 0 aromatic rings. The molecule has 0 amide bonds. The van der Waals surface area contributed by atoms with Gasteiger partial charge in [0.2, 0.25) is 0 Å². The third kappa shape index (κ3) is 45.2. The SMILES string of the molecule is CCCCCCCCCCCCCCCCCCCCCCCC(C)(C)OS(=O)(=O)OC(C)(C)CCCCCCCCCCCCCCCCCCCCCCC. The lowest BCUT2D eigenvalue weighted by atomic mass is 9.99. The maximum Gasteiger partial charge on any atom is 0.400 e. The molecule has 5 heteroatoms. The van der Waals surface area contributed by atoms with Gasteiger partial charge in [-0.05, 0) is 40.5 Å². The van der Waals surface area contributed by atoms with E-state index in [4.69, 9.17) is 8.37 Å². The highest BCUT2D eigenvalue weighted by atomic mass is 32.3. The Kier molecular flexibility index (Phi) is 41.1. The summed E-state index contributed by atoms with van der Waals surface area (Å²) in [7, 11) is -4.05. The van der Waals surface area contributed by atoms with Gasteiger partial charge in [0.25, 0.3) is 0 Å². The molecule has 0 saturated heterocycles. The molecule has 0 bridgehead atoms. The van der Waals surface area contributed by atoms with Gasteiger partial charge in [0.05, 0.1) is 11.2 Å². The lowest BCUT2D eigenvalue weighted by Gasteiger charge is -2.28. The second-order valence-electron chi connectivity index (χ2n) is 19.7. The van der Waals surface area contributed by atoms with Crippen LogP contribution in [0.15, 0.2) is 0 Å². The van der Waals surface area contributed by atoms with Gasteiger partial charge in [-0.3, -0.25) is 0 Å². The van der Waals surface area contributed by atoms with Crippen molar-refractivity contribution < 1.29 is 16.8 Å². The normalized spacial score (nSPS) is 12.6. The minimum Gasteiger partial charge on any atom is -0.242 e. The third-order valence-electron chi connectivity index (χ3n) is 12.4. The van der Waals surface area contributed by atoms with Gasteiger partial charge in [-0.25, -0.2) is 8.37 Å². The molecule has 0 atom stereocenters. The Morgan fingerprint density at radius 3 is 0.561 bits per heavy atom. The van der Waals surface area contributed by atoms with E-state index >= 15 is 0 Å². The average molecular weight is 827 g/mol. The fourth-order valence-corrected chi connectivity index (χ4v) is 9.92. The van der Waals surface area contributed by atoms with Gasteiger partial charge in [0, 0.05) is 0 Å². The maximum atomic E-state index is 12.9. The van der Waals surface area contributed by atoms with Crippen LogP contribution in [0.25, 0.3) is 0 Å². The molecule has 0 spiro atoms. The minimum atomic E-state index is -4.05. The lowest BCUT2D eigenvalue weighted by molar-refractivity contribution is 0.0317. The van der Waals surface area contributed by atoms with E-state index in [9.17, 15) is 8.42 Å². The number of rotatable bonds is 48. The molecule has 0 radical (unpaired) electrons. The van der Waals surface area contributed by atoms with Crippen molar-refractivity contribution in [3.8, 4) is 0 Å². The Balaban J connectivity index is 3.64. The van der Waals surface area contributed by atoms with E-state index in [0.717, 1.165) is 38.5 Å². The lowest BCUT2D eigenvalue weighted by Crippen LogP contribution is -2.35. The van der Waals surface area contributed by atoms with Gasteiger partial charge < -0.3 is 0 Å². The molecule has 4 nitrogen and oxygen atoms in total. The van der Waals surface area contributed by atoms with Crippen LogP contribution in [0, 0.1) is 0 Å². The summed E-state index contributed by atoms with van der Waals surface area (Å²) < 4.78 is 36.9. The van der Waals surface area contributed by atoms with Crippen molar-refractivity contribution in [1.29, 1.82) is 0 Å². The first kappa shape index (κ1) is 56.9. The van der Waals surface area contributed by atoms with Crippen LogP contribution in [-0.2, 0) is 18.8 Å². The molecule has 0 saturated carbocycles. The van der Waals surface area contributed by atoms with E-state index < -0.39 is 21.6 Å². The molecular weight excluding hydrogens is 721 g/mol. The molecule has 0 aliphatic rings. The molecule has 0 unspecified atom stereocenters. The van der Waals surface area contributed by atoms with Gasteiger partial charge in [-0.2, -0.15) is 8.42 Å². The predicted molar refractivity (Wildman–Crippen MR) is 254 cm³/mol. The molecule has 0 aromatic heterocycles. The van der Waals surface area contributed by atoms with Crippen LogP contribution < -0.4 is 0 Å². The first-order valence-electron chi connectivity index (χ1n) is 26.2. The molecule has 57 heavy (non-hydrogen) atoms. The van der Waals surface area contributed by atoms with Crippen LogP contribution in [0.4, 0.5) is 0 Å². The second kappa shape index (κ2) is 41.2. The topological polar surface area (TPSA) is 52.6 Å². The molecule has 0 heterocycles. The first-order valence-corrected chi connectivity index (χ1v) is 27.5. The fraction of sp³-hybridized carbons (Fsp3) is 1.00. The summed E-state index contributed by atoms with van der Waals surface area (Å²) in [5, 5.41) is 0. The van der Waals surface area contributed by atoms with Crippen LogP contribution in [-0.4, -0.2) is 19.6 Å². The highest BCUT2D eigenvalue weighted by Gasteiger charge is 2.32. The summed E-state index contributed by atoms with van der Waals surface area (Å²) in [4.78, 5) is 0. The summed E-state index contributed by atoms with van der Waals surface area (Å²) in [6, 6.07) is 0. The Morgan fingerprint density at radius 2 is 0.404 bits per heavy atom. The number of unbranched alkanes of at least 4 members (excludes halogenated alkanes) is 40. The summed E-state index contributed by atoms with van der Waals surface area (Å²) in [5.41, 5.74) is -1.48. The fourth-order valence-electron chi connectivity index (χ4n) is 8.62. The zero-order valence-corrected chi connectivity index (χ0v) is 41.0. The van der Waals surface area contributed by atoms with Gasteiger partial charge in [0.1, 0.15) is 0 Å². The van der Waals surface area contributed by atoms with E-state index in [1.807, 2.05) is 27.7 Å². The average Bonchev–Trinajstić information content (AvgIpc) is 3.15. The molecule has 0 aliphatic carbocycles. The highest BCUT2D eigenvalue weighted by molar-refractivity contribution is 7.81. The van der Waals surface area contributed by atoms with Crippen LogP contribution in [0.1, 0.15) is 324 Å². The van der Waals surface area contributed by atoms with Gasteiger partial charge in [0.15, 0.2) is 0 Å². The zero-order chi connectivity index (χ0) is 42.0. The molecule has 344 valence electrons. The van der Waals surface area contributed by atoms with Crippen LogP contribution >= 0.6 is 0 Å². The number of hydrogen-bond donors (Lipinski definition) is 0. The summed E-state index contributed by atoms with van der Waals surface area (Å²) in [6.45, 7) is 12.1. The van der Waals surface area contributed by atoms with E-state index in [1.54, 1.807) is 0 Å². The summed E-state index contributed by atoms with van der Waals surface area (Å²) in [5.74, 6) is 0. The summed E-state index contributed by atoms with van der Waals surface area (Å²) >= 11 is 0. The van der Waals surface area contributed by atoms with Gasteiger partial charge >= 0.3 is 10.4 Å². The van der Waals surface area contributed by atoms with E-state index in [2.05, 4.69) is 13.8 Å². The Hall–Kier alpha value is -0.130. The van der Waals surface area contributed by atoms with E-state index in [1.165, 1.54) is 244 Å². The summed E-state index contributed by atoms with van der Waals surface area (Å²) in [6.07, 6.45) is 58.9. The van der Waals surface area contributed by atoms with Gasteiger partial charge in [-0.15, -0.1) is 0 Å². The van der Waals surface area contributed by atoms with Crippen molar-refractivity contribution in [1.82, 2.24) is 0 Å². The monoisotopic (exact) mass is 827 g/mol. The zero-order valence-electron chi connectivity index (χ0n) is 40.2. The molecular formula is C52H106O4S. The minimum absolute atomic E-state index is 0.731. The second-order valence-corrected chi connectivity index (χ2v) is 20.9. The maximum absolute atomic E-state index is 12.9.